The first-order valence-electron chi connectivity index (χ1n) is 17.2. The third-order valence-corrected chi connectivity index (χ3v) is 11.7. The van der Waals surface area contributed by atoms with Crippen LogP contribution in [-0.4, -0.2) is 11.0 Å². The maximum atomic E-state index is 10.9. The second-order valence-corrected chi connectivity index (χ2v) is 14.0. The largest absolute Gasteiger partial charge is 3.00 e. The van der Waals surface area contributed by atoms with Crippen molar-refractivity contribution in [2.24, 2.45) is 59.2 Å². The van der Waals surface area contributed by atoms with Crippen LogP contribution in [0, 0.1) is 74.0 Å². The van der Waals surface area contributed by atoms with E-state index in [0.717, 1.165) is 59.2 Å². The number of rotatable bonds is 2. The van der Waals surface area contributed by atoms with Gasteiger partial charge in [0, 0.05) is 0 Å². The van der Waals surface area contributed by atoms with E-state index >= 15 is 0 Å². The molecule has 0 aromatic carbocycles. The summed E-state index contributed by atoms with van der Waals surface area (Å²) in [5.74, 6) is 9.35. The van der Waals surface area contributed by atoms with Gasteiger partial charge in [-0.25, -0.2) is 0 Å². The maximum Gasteiger partial charge on any atom is 3.00 e. The molecular weight excluding hydrogens is 1060 g/mol. The van der Waals surface area contributed by atoms with Crippen molar-refractivity contribution in [3.63, 3.8) is 0 Å². The molecule has 304 valence electrons. The molecule has 0 aliphatic heterocycles. The molecule has 2 fully saturated rings. The number of hydrogen-bond donors (Lipinski definition) is 0. The molecule has 0 saturated heterocycles. The molecule has 6 rings (SSSR count). The number of nitrogens with zero attached hydrogens (tertiary/aromatic N) is 4. The molecule has 4 heterocycles. The first-order valence-corrected chi connectivity index (χ1v) is 17.2. The predicted octanol–water partition coefficient (Wildman–Crippen LogP) is 2.59. The average Bonchev–Trinajstić information content (AvgIpc) is 3.35. The number of hydrogen-bond acceptors (Lipinski definition) is 4. The molecule has 0 spiro atoms. The van der Waals surface area contributed by atoms with Crippen LogP contribution in [-0.2, 0) is 40.2 Å². The van der Waals surface area contributed by atoms with Crippen LogP contribution in [0.4, 0.5) is 0 Å². The molecule has 2 aliphatic rings. The zero-order valence-corrected chi connectivity index (χ0v) is 41.6. The monoisotopic (exact) mass is 1130 g/mol. The fourth-order valence-electron chi connectivity index (χ4n) is 7.02. The van der Waals surface area contributed by atoms with Crippen molar-refractivity contribution in [3.05, 3.63) is 129 Å². The van der Waals surface area contributed by atoms with Crippen LogP contribution in [0.15, 0.2) is 92.0 Å². The second kappa shape index (κ2) is 29.3. The summed E-state index contributed by atoms with van der Waals surface area (Å²) < 4.78 is 0. The molecule has 10 nitrogen and oxygen atoms in total. The van der Waals surface area contributed by atoms with Crippen molar-refractivity contribution < 1.29 is 80.7 Å². The minimum Gasteiger partial charge on any atom is -0.624 e. The van der Waals surface area contributed by atoms with E-state index in [-0.39, 0.29) is 118 Å². The standard InChI is InChI=1S/2C10H8N2O2.2C10H20.2CH3.2Ir.Na.2H2O/c2*13-9-5-1-3-7(11-9)8-4-2-6-10(14)12-8;2*1-6-7(2)9(4)10(5)8(6)3;;;;;;;/h2*1-6H,(H2,11,12,13,14);2*6-10H,1-5H3;2*1H3;;;;2*1H2/q;;;;2*-1;2*+3;+1;;/p-4. The normalized spacial score (nSPS) is 25.3. The molecule has 4 aromatic rings. The van der Waals surface area contributed by atoms with E-state index in [1.807, 2.05) is 0 Å². The van der Waals surface area contributed by atoms with E-state index in [1.54, 1.807) is 48.5 Å². The van der Waals surface area contributed by atoms with Gasteiger partial charge in [-0.1, -0.05) is 118 Å². The first-order chi connectivity index (χ1) is 22.6. The van der Waals surface area contributed by atoms with Gasteiger partial charge in [-0.2, -0.15) is 0 Å². The van der Waals surface area contributed by atoms with Crippen molar-refractivity contribution >= 4 is 0 Å². The van der Waals surface area contributed by atoms with Crippen molar-refractivity contribution in [2.45, 2.75) is 69.2 Å². The van der Waals surface area contributed by atoms with Crippen molar-refractivity contribution in [2.75, 3.05) is 0 Å². The Hall–Kier alpha value is -1.98. The molecule has 13 heteroatoms. The average molecular weight is 1130 g/mol. The summed E-state index contributed by atoms with van der Waals surface area (Å²) in [7, 11) is 0. The Balaban J connectivity index is -0.000000196. The van der Waals surface area contributed by atoms with E-state index in [4.69, 9.17) is 0 Å². The van der Waals surface area contributed by atoms with Crippen LogP contribution in [0.1, 0.15) is 69.2 Å². The van der Waals surface area contributed by atoms with Gasteiger partial charge in [0.15, 0.2) is 0 Å². The van der Waals surface area contributed by atoms with Crippen molar-refractivity contribution in [1.82, 2.24) is 19.9 Å². The SMILES string of the molecule is CC1C(C)C(C)C(C)C1C.CC1C(C)C(C)C(C)C1C.O.O.O=c1cccc(-c2cccc(=O)[n-]2)[n-]1.O=c1cccc(-c2cccc(=O)[n-]2)[n-]1.[CH3-].[CH3-].[Ir+3].[Ir+3].[Na+]. The van der Waals surface area contributed by atoms with Crippen LogP contribution >= 0.6 is 0 Å². The summed E-state index contributed by atoms with van der Waals surface area (Å²) in [6.07, 6.45) is 0. The Bertz CT molecular complexity index is 1520. The zero-order valence-electron chi connectivity index (χ0n) is 34.8. The summed E-state index contributed by atoms with van der Waals surface area (Å²) in [6, 6.07) is 18.3. The van der Waals surface area contributed by atoms with E-state index in [1.165, 1.54) is 24.3 Å². The van der Waals surface area contributed by atoms with Gasteiger partial charge in [0.2, 0.25) is 0 Å². The van der Waals surface area contributed by atoms with Gasteiger partial charge in [0.05, 0.1) is 22.2 Å². The van der Waals surface area contributed by atoms with Crippen LogP contribution in [0.3, 0.4) is 0 Å². The Morgan fingerprint density at radius 2 is 0.455 bits per heavy atom. The van der Waals surface area contributed by atoms with Gasteiger partial charge in [-0.05, 0) is 83.4 Å². The molecule has 0 atom stereocenters. The second-order valence-electron chi connectivity index (χ2n) is 14.0. The van der Waals surface area contributed by atoms with Crippen LogP contribution in [0.25, 0.3) is 22.8 Å². The van der Waals surface area contributed by atoms with Crippen LogP contribution in [0.5, 0.6) is 0 Å². The zero-order chi connectivity index (χ0) is 35.7. The minimum atomic E-state index is -0.333. The third kappa shape index (κ3) is 17.6. The van der Waals surface area contributed by atoms with E-state index in [2.05, 4.69) is 89.2 Å². The Morgan fingerprint density at radius 1 is 0.327 bits per heavy atom. The van der Waals surface area contributed by atoms with Gasteiger partial charge >= 0.3 is 69.8 Å². The van der Waals surface area contributed by atoms with Crippen molar-refractivity contribution in [1.29, 1.82) is 0 Å². The van der Waals surface area contributed by atoms with Gasteiger partial charge in [0.1, 0.15) is 0 Å². The number of aromatic nitrogens is 4. The molecule has 4 N–H and O–H groups in total. The predicted molar refractivity (Wildman–Crippen MR) is 214 cm³/mol. The van der Waals surface area contributed by atoms with Crippen LogP contribution in [0.2, 0.25) is 0 Å². The van der Waals surface area contributed by atoms with E-state index in [9.17, 15) is 19.2 Å². The topological polar surface area (TPSA) is 188 Å². The molecule has 0 radical (unpaired) electrons. The molecule has 4 aromatic heterocycles. The smallest absolute Gasteiger partial charge is 0.624 e. The third-order valence-electron chi connectivity index (χ3n) is 11.7. The van der Waals surface area contributed by atoms with Gasteiger partial charge in [-0.3, -0.25) is 0 Å². The molecule has 0 unspecified atom stereocenters. The Morgan fingerprint density at radius 3 is 0.564 bits per heavy atom. The van der Waals surface area contributed by atoms with Gasteiger partial charge in [-0.15, -0.1) is 22.8 Å². The fourth-order valence-corrected chi connectivity index (χ4v) is 7.02. The molecule has 2 saturated carbocycles. The summed E-state index contributed by atoms with van der Waals surface area (Å²) in [5, 5.41) is 0. The van der Waals surface area contributed by atoms with Gasteiger partial charge in [0.25, 0.3) is 0 Å². The summed E-state index contributed by atoms with van der Waals surface area (Å²) in [5.41, 5.74) is 0.373. The molecule has 0 amide bonds. The van der Waals surface area contributed by atoms with Gasteiger partial charge < -0.3 is 64.9 Å². The summed E-state index contributed by atoms with van der Waals surface area (Å²) in [6.45, 7) is 24.0. The Labute approximate surface area is 378 Å². The fraction of sp³-hybridized carbons (Fsp3) is 0.476. The summed E-state index contributed by atoms with van der Waals surface area (Å²) in [4.78, 5) is 58.6. The first kappa shape index (κ1) is 62.2. The molecule has 2 aliphatic carbocycles. The summed E-state index contributed by atoms with van der Waals surface area (Å²) >= 11 is 0. The van der Waals surface area contributed by atoms with E-state index in [0.29, 0.717) is 22.8 Å². The quantitative estimate of drug-likeness (QED) is 0.217. The maximum absolute atomic E-state index is 10.9. The van der Waals surface area contributed by atoms with E-state index < -0.39 is 0 Å². The molecule has 55 heavy (non-hydrogen) atoms. The molecule has 0 bridgehead atoms. The van der Waals surface area contributed by atoms with Crippen LogP contribution < -0.4 is 71.7 Å². The van der Waals surface area contributed by atoms with Crippen molar-refractivity contribution in [3.8, 4) is 22.8 Å². The Kier molecular flexibility index (Phi) is 33.1. The number of pyridine rings is 4. The molecular formula is C42H62Ir2N4NaO6+. The minimum absolute atomic E-state index is 0.